The second-order valence-corrected chi connectivity index (χ2v) is 5.89. The fourth-order valence-electron chi connectivity index (χ4n) is 1.87. The molecule has 2 rings (SSSR count). The molecule has 0 fully saturated rings. The smallest absolute Gasteiger partial charge is 0.228 e. The van der Waals surface area contributed by atoms with Gasteiger partial charge in [-0.15, -0.1) is 0 Å². The number of benzene rings is 1. The van der Waals surface area contributed by atoms with Crippen LogP contribution in [0.4, 0.5) is 17.2 Å². The summed E-state index contributed by atoms with van der Waals surface area (Å²) in [6.45, 7) is 7.69. The third kappa shape index (κ3) is 5.29. The van der Waals surface area contributed by atoms with Crippen LogP contribution in [0.25, 0.3) is 0 Å². The van der Waals surface area contributed by atoms with Gasteiger partial charge in [-0.05, 0) is 50.2 Å². The van der Waals surface area contributed by atoms with Crippen LogP contribution in [0.15, 0.2) is 42.6 Å². The summed E-state index contributed by atoms with van der Waals surface area (Å²) in [6, 6.07) is 11.4. The van der Waals surface area contributed by atoms with Gasteiger partial charge in [-0.1, -0.05) is 13.8 Å². The van der Waals surface area contributed by atoms with Gasteiger partial charge in [0.05, 0.1) is 18.0 Å². The number of nitrogens with one attached hydrogen (secondary N) is 2. The van der Waals surface area contributed by atoms with Crippen molar-refractivity contribution in [3.8, 4) is 5.75 Å². The van der Waals surface area contributed by atoms with Gasteiger partial charge in [0.25, 0.3) is 0 Å². The summed E-state index contributed by atoms with van der Waals surface area (Å²) < 4.78 is 5.61. The molecule has 0 radical (unpaired) electrons. The van der Waals surface area contributed by atoms with Gasteiger partial charge in [-0.3, -0.25) is 4.79 Å². The maximum absolute atomic E-state index is 11.6. The number of amides is 1. The number of nitrogens with zero attached hydrogens (tertiary/aromatic N) is 1. The van der Waals surface area contributed by atoms with Crippen LogP contribution in [-0.2, 0) is 4.79 Å². The van der Waals surface area contributed by atoms with E-state index in [4.69, 9.17) is 4.74 Å². The number of pyridine rings is 1. The van der Waals surface area contributed by atoms with Gasteiger partial charge >= 0.3 is 0 Å². The largest absolute Gasteiger partial charge is 0.491 e. The van der Waals surface area contributed by atoms with Crippen LogP contribution in [0.1, 0.15) is 27.7 Å². The molecule has 23 heavy (non-hydrogen) atoms. The lowest BCUT2D eigenvalue weighted by Gasteiger charge is -2.11. The van der Waals surface area contributed by atoms with E-state index in [-0.39, 0.29) is 17.9 Å². The standard InChI is InChI=1S/C18H23N3O2/c1-12(2)18(22)21-17-10-7-15(11-19-17)20-14-5-8-16(9-6-14)23-13(3)4/h5-13,20H,1-4H3,(H,19,21,22). The summed E-state index contributed by atoms with van der Waals surface area (Å²) in [6.07, 6.45) is 1.85. The summed E-state index contributed by atoms with van der Waals surface area (Å²) in [5, 5.41) is 6.02. The fourth-order valence-corrected chi connectivity index (χ4v) is 1.87. The van der Waals surface area contributed by atoms with Crippen LogP contribution in [0, 0.1) is 5.92 Å². The predicted octanol–water partition coefficient (Wildman–Crippen LogP) is 4.21. The van der Waals surface area contributed by atoms with Crippen molar-refractivity contribution in [2.45, 2.75) is 33.8 Å². The number of hydrogen-bond donors (Lipinski definition) is 2. The third-order valence-electron chi connectivity index (χ3n) is 3.05. The van der Waals surface area contributed by atoms with E-state index in [1.807, 2.05) is 58.0 Å². The Labute approximate surface area is 137 Å². The molecule has 0 saturated carbocycles. The lowest BCUT2D eigenvalue weighted by atomic mass is 10.2. The van der Waals surface area contributed by atoms with E-state index < -0.39 is 0 Å². The van der Waals surface area contributed by atoms with Crippen LogP contribution in [0.3, 0.4) is 0 Å². The number of carbonyl (C=O) groups excluding carboxylic acids is 1. The molecule has 0 spiro atoms. The Morgan fingerprint density at radius 1 is 1.00 bits per heavy atom. The molecule has 122 valence electrons. The third-order valence-corrected chi connectivity index (χ3v) is 3.05. The van der Waals surface area contributed by atoms with Crippen molar-refractivity contribution in [2.75, 3.05) is 10.6 Å². The Morgan fingerprint density at radius 2 is 1.65 bits per heavy atom. The first-order valence-electron chi connectivity index (χ1n) is 7.74. The van der Waals surface area contributed by atoms with E-state index >= 15 is 0 Å². The molecule has 2 aromatic rings. The molecule has 5 nitrogen and oxygen atoms in total. The minimum absolute atomic E-state index is 0.0426. The lowest BCUT2D eigenvalue weighted by Crippen LogP contribution is -2.18. The predicted molar refractivity (Wildman–Crippen MR) is 93.2 cm³/mol. The topological polar surface area (TPSA) is 63.2 Å². The van der Waals surface area contributed by atoms with Crippen LogP contribution in [-0.4, -0.2) is 17.0 Å². The van der Waals surface area contributed by atoms with Crippen molar-refractivity contribution in [3.63, 3.8) is 0 Å². The minimum atomic E-state index is -0.0684. The molecule has 1 aromatic carbocycles. The van der Waals surface area contributed by atoms with Crippen molar-refractivity contribution in [3.05, 3.63) is 42.6 Å². The average Bonchev–Trinajstić information content (AvgIpc) is 2.50. The Morgan fingerprint density at radius 3 is 2.17 bits per heavy atom. The second kappa shape index (κ2) is 7.63. The van der Waals surface area contributed by atoms with Crippen molar-refractivity contribution in [2.24, 2.45) is 5.92 Å². The van der Waals surface area contributed by atoms with Crippen LogP contribution < -0.4 is 15.4 Å². The number of rotatable bonds is 6. The zero-order valence-corrected chi connectivity index (χ0v) is 14.0. The number of hydrogen-bond acceptors (Lipinski definition) is 4. The van der Waals surface area contributed by atoms with E-state index in [9.17, 15) is 4.79 Å². The highest BCUT2D eigenvalue weighted by molar-refractivity contribution is 5.91. The molecular formula is C18H23N3O2. The highest BCUT2D eigenvalue weighted by Crippen LogP contribution is 2.21. The summed E-state index contributed by atoms with van der Waals surface area (Å²) in [5.41, 5.74) is 1.80. The van der Waals surface area contributed by atoms with Crippen LogP contribution >= 0.6 is 0 Å². The van der Waals surface area contributed by atoms with Gasteiger partial charge < -0.3 is 15.4 Å². The average molecular weight is 313 g/mol. The molecule has 0 atom stereocenters. The molecular weight excluding hydrogens is 290 g/mol. The molecule has 0 aliphatic carbocycles. The van der Waals surface area contributed by atoms with E-state index in [1.54, 1.807) is 12.3 Å². The molecule has 0 saturated heterocycles. The quantitative estimate of drug-likeness (QED) is 0.838. The van der Waals surface area contributed by atoms with E-state index in [0.29, 0.717) is 5.82 Å². The molecule has 0 aliphatic heterocycles. The normalized spacial score (nSPS) is 10.7. The molecule has 0 bridgehead atoms. The Hall–Kier alpha value is -2.56. The minimum Gasteiger partial charge on any atom is -0.491 e. The van der Waals surface area contributed by atoms with Gasteiger partial charge in [-0.25, -0.2) is 4.98 Å². The highest BCUT2D eigenvalue weighted by Gasteiger charge is 2.07. The first-order chi connectivity index (χ1) is 10.9. The Kier molecular flexibility index (Phi) is 5.57. The maximum atomic E-state index is 11.6. The molecule has 0 unspecified atom stereocenters. The molecule has 1 aromatic heterocycles. The van der Waals surface area contributed by atoms with Crippen molar-refractivity contribution in [1.29, 1.82) is 0 Å². The second-order valence-electron chi connectivity index (χ2n) is 5.89. The molecule has 0 aliphatic rings. The Bertz CT molecular complexity index is 634. The number of aromatic nitrogens is 1. The molecule has 2 N–H and O–H groups in total. The van der Waals surface area contributed by atoms with Gasteiger partial charge in [-0.2, -0.15) is 0 Å². The van der Waals surface area contributed by atoms with Crippen molar-refractivity contribution in [1.82, 2.24) is 4.98 Å². The van der Waals surface area contributed by atoms with Crippen molar-refractivity contribution < 1.29 is 9.53 Å². The SMILES string of the molecule is CC(C)Oc1ccc(Nc2ccc(NC(=O)C(C)C)nc2)cc1. The van der Waals surface area contributed by atoms with E-state index in [0.717, 1.165) is 17.1 Å². The highest BCUT2D eigenvalue weighted by atomic mass is 16.5. The number of ether oxygens (including phenoxy) is 1. The van der Waals surface area contributed by atoms with Gasteiger partial charge in [0.1, 0.15) is 11.6 Å². The zero-order chi connectivity index (χ0) is 16.8. The fraction of sp³-hybridized carbons (Fsp3) is 0.333. The number of carbonyl (C=O) groups is 1. The maximum Gasteiger partial charge on any atom is 0.228 e. The summed E-state index contributed by atoms with van der Waals surface area (Å²) >= 11 is 0. The molecule has 1 heterocycles. The Balaban J connectivity index is 1.96. The van der Waals surface area contributed by atoms with E-state index in [2.05, 4.69) is 15.6 Å². The van der Waals surface area contributed by atoms with Gasteiger partial charge in [0.15, 0.2) is 0 Å². The monoisotopic (exact) mass is 313 g/mol. The summed E-state index contributed by atoms with van der Waals surface area (Å²) in [5.74, 6) is 1.28. The first-order valence-corrected chi connectivity index (χ1v) is 7.74. The van der Waals surface area contributed by atoms with Gasteiger partial charge in [0, 0.05) is 11.6 Å². The summed E-state index contributed by atoms with van der Waals surface area (Å²) in [4.78, 5) is 15.9. The van der Waals surface area contributed by atoms with Gasteiger partial charge in [0.2, 0.25) is 5.91 Å². The molecule has 5 heteroatoms. The van der Waals surface area contributed by atoms with Crippen LogP contribution in [0.2, 0.25) is 0 Å². The summed E-state index contributed by atoms with van der Waals surface area (Å²) in [7, 11) is 0. The lowest BCUT2D eigenvalue weighted by molar-refractivity contribution is -0.118. The van der Waals surface area contributed by atoms with Crippen LogP contribution in [0.5, 0.6) is 5.75 Å². The first kappa shape index (κ1) is 16.8. The zero-order valence-electron chi connectivity index (χ0n) is 14.0. The van der Waals surface area contributed by atoms with E-state index in [1.165, 1.54) is 0 Å². The van der Waals surface area contributed by atoms with Crippen molar-refractivity contribution >= 4 is 23.1 Å². The molecule has 1 amide bonds. The number of anilines is 3.